The Morgan fingerprint density at radius 2 is 1.86 bits per heavy atom. The number of esters is 1. The van der Waals surface area contributed by atoms with Crippen LogP contribution in [0.2, 0.25) is 5.02 Å². The smallest absolute Gasteiger partial charge is 0.344 e. The highest BCUT2D eigenvalue weighted by Gasteiger charge is 2.24. The Kier molecular flexibility index (Phi) is 6.69. The molecule has 1 atom stereocenters. The van der Waals surface area contributed by atoms with Gasteiger partial charge in [-0.1, -0.05) is 60.1 Å². The molecule has 0 aliphatic heterocycles. The summed E-state index contributed by atoms with van der Waals surface area (Å²) in [5.41, 5.74) is 3.15. The zero-order valence-corrected chi connectivity index (χ0v) is 20.8. The van der Waals surface area contributed by atoms with Gasteiger partial charge in [-0.2, -0.15) is 0 Å². The van der Waals surface area contributed by atoms with Crippen molar-refractivity contribution in [3.63, 3.8) is 0 Å². The number of aromatic nitrogens is 2. The molecule has 2 heterocycles. The summed E-state index contributed by atoms with van der Waals surface area (Å²) >= 11 is 7.61. The van der Waals surface area contributed by atoms with E-state index >= 15 is 0 Å². The molecule has 2 N–H and O–H groups in total. The van der Waals surface area contributed by atoms with Gasteiger partial charge in [0.1, 0.15) is 16.7 Å². The Morgan fingerprint density at radius 1 is 1.08 bits per heavy atom. The maximum atomic E-state index is 13.0. The van der Waals surface area contributed by atoms with Crippen LogP contribution in [0.1, 0.15) is 34.0 Å². The van der Waals surface area contributed by atoms with Crippen molar-refractivity contribution in [2.45, 2.75) is 13.0 Å². The van der Waals surface area contributed by atoms with Gasteiger partial charge in [0.2, 0.25) is 0 Å². The molecule has 0 bridgehead atoms. The van der Waals surface area contributed by atoms with Gasteiger partial charge in [-0.3, -0.25) is 4.79 Å². The third-order valence-corrected chi connectivity index (χ3v) is 6.90. The summed E-state index contributed by atoms with van der Waals surface area (Å²) in [6.45, 7) is 1.80. The Morgan fingerprint density at radius 3 is 2.61 bits per heavy atom. The lowest BCUT2D eigenvalue weighted by molar-refractivity contribution is 0.0525. The van der Waals surface area contributed by atoms with Crippen LogP contribution >= 0.6 is 22.9 Å². The summed E-state index contributed by atoms with van der Waals surface area (Å²) in [4.78, 5) is 33.2. The SMILES string of the molecule is CCOC(=O)c1c(-c2cccc(Cl)c2)c2cc(C(O)c3nc(-c4ccccc4)cs3)ccc2[nH]c1=O. The number of ether oxygens (including phenoxy) is 1. The maximum absolute atomic E-state index is 13.0. The second kappa shape index (κ2) is 10.1. The minimum Gasteiger partial charge on any atom is -0.462 e. The van der Waals surface area contributed by atoms with Gasteiger partial charge in [-0.25, -0.2) is 9.78 Å². The number of aliphatic hydroxyl groups is 1. The van der Waals surface area contributed by atoms with Gasteiger partial charge in [0, 0.05) is 32.4 Å². The van der Waals surface area contributed by atoms with Crippen molar-refractivity contribution < 1.29 is 14.6 Å². The van der Waals surface area contributed by atoms with Crippen LogP contribution in [0.3, 0.4) is 0 Å². The number of hydrogen-bond acceptors (Lipinski definition) is 6. The first-order valence-electron chi connectivity index (χ1n) is 11.3. The average molecular weight is 517 g/mol. The summed E-state index contributed by atoms with van der Waals surface area (Å²) in [7, 11) is 0. The van der Waals surface area contributed by atoms with Gasteiger partial charge in [-0.05, 0) is 42.3 Å². The van der Waals surface area contributed by atoms with Crippen molar-refractivity contribution in [1.82, 2.24) is 9.97 Å². The number of thiazole rings is 1. The molecule has 0 radical (unpaired) electrons. The number of halogens is 1. The van der Waals surface area contributed by atoms with Crippen LogP contribution in [-0.4, -0.2) is 27.7 Å². The fourth-order valence-corrected chi connectivity index (χ4v) is 5.15. The van der Waals surface area contributed by atoms with Crippen molar-refractivity contribution in [3.05, 3.63) is 110 Å². The van der Waals surface area contributed by atoms with Gasteiger partial charge in [0.05, 0.1) is 12.3 Å². The topological polar surface area (TPSA) is 92.3 Å². The summed E-state index contributed by atoms with van der Waals surface area (Å²) in [5.74, 6) is -0.728. The highest BCUT2D eigenvalue weighted by Crippen LogP contribution is 2.35. The average Bonchev–Trinajstić information content (AvgIpc) is 3.38. The maximum Gasteiger partial charge on any atom is 0.344 e. The molecule has 0 saturated heterocycles. The van der Waals surface area contributed by atoms with Crippen LogP contribution < -0.4 is 5.56 Å². The summed E-state index contributed by atoms with van der Waals surface area (Å²) < 4.78 is 5.19. The number of nitrogens with one attached hydrogen (secondary N) is 1. The molecule has 6 nitrogen and oxygen atoms in total. The van der Waals surface area contributed by atoms with E-state index < -0.39 is 17.6 Å². The Labute approximate surface area is 215 Å². The summed E-state index contributed by atoms with van der Waals surface area (Å²) in [6, 6.07) is 21.9. The van der Waals surface area contributed by atoms with Gasteiger partial charge < -0.3 is 14.8 Å². The third kappa shape index (κ3) is 4.56. The fourth-order valence-electron chi connectivity index (χ4n) is 4.12. The lowest BCUT2D eigenvalue weighted by Crippen LogP contribution is -2.21. The number of fused-ring (bicyclic) bond motifs is 1. The molecule has 8 heteroatoms. The van der Waals surface area contributed by atoms with E-state index in [0.29, 0.717) is 37.6 Å². The molecule has 0 fully saturated rings. The number of carbonyl (C=O) groups excluding carboxylic acids is 1. The van der Waals surface area contributed by atoms with Crippen LogP contribution in [0.15, 0.2) is 83.0 Å². The van der Waals surface area contributed by atoms with Crippen LogP contribution in [0.5, 0.6) is 0 Å². The van der Waals surface area contributed by atoms with Crippen molar-refractivity contribution >= 4 is 39.8 Å². The quantitative estimate of drug-likeness (QED) is 0.261. The van der Waals surface area contributed by atoms with Gasteiger partial charge in [0.25, 0.3) is 5.56 Å². The lowest BCUT2D eigenvalue weighted by atomic mass is 9.94. The Hall–Kier alpha value is -3.78. The zero-order chi connectivity index (χ0) is 25.2. The summed E-state index contributed by atoms with van der Waals surface area (Å²) in [5, 5.41) is 14.7. The first kappa shape index (κ1) is 23.9. The third-order valence-electron chi connectivity index (χ3n) is 5.77. The van der Waals surface area contributed by atoms with Crippen molar-refractivity contribution in [2.75, 3.05) is 6.61 Å². The van der Waals surface area contributed by atoms with E-state index in [-0.39, 0.29) is 12.2 Å². The number of nitrogens with zero attached hydrogens (tertiary/aromatic N) is 1. The molecule has 0 amide bonds. The zero-order valence-electron chi connectivity index (χ0n) is 19.2. The number of pyridine rings is 1. The molecule has 0 spiro atoms. The summed E-state index contributed by atoms with van der Waals surface area (Å²) in [6.07, 6.45) is -0.998. The van der Waals surface area contributed by atoms with Crippen molar-refractivity contribution in [2.24, 2.45) is 0 Å². The molecular weight excluding hydrogens is 496 g/mol. The van der Waals surface area contributed by atoms with E-state index in [2.05, 4.69) is 9.97 Å². The van der Waals surface area contributed by atoms with E-state index in [4.69, 9.17) is 16.3 Å². The normalized spacial score (nSPS) is 12.0. The molecule has 2 aromatic heterocycles. The first-order chi connectivity index (χ1) is 17.5. The molecule has 0 aliphatic carbocycles. The number of aliphatic hydroxyl groups excluding tert-OH is 1. The van der Waals surface area contributed by atoms with E-state index in [1.807, 2.05) is 35.7 Å². The molecule has 5 rings (SSSR count). The second-order valence-corrected chi connectivity index (χ2v) is 9.41. The number of benzene rings is 3. The number of H-pyrrole nitrogens is 1. The predicted octanol–water partition coefficient (Wildman–Crippen LogP) is 6.23. The Balaban J connectivity index is 1.67. The first-order valence-corrected chi connectivity index (χ1v) is 12.5. The minimum atomic E-state index is -0.998. The Bertz CT molecular complexity index is 1630. The molecular formula is C28H21ClN2O4S. The van der Waals surface area contributed by atoms with Crippen LogP contribution in [0, 0.1) is 0 Å². The van der Waals surface area contributed by atoms with Crippen LogP contribution in [0.4, 0.5) is 0 Å². The standard InChI is InChI=1S/C28H21ClN2O4S/c1-2-35-28(34)24-23(17-9-6-10-19(29)13-17)20-14-18(11-12-21(20)30-26(24)33)25(32)27-31-22(15-36-27)16-7-4-3-5-8-16/h3-15,25,32H,2H2,1H3,(H,30,33). The number of rotatable bonds is 6. The highest BCUT2D eigenvalue weighted by atomic mass is 35.5. The molecule has 0 aliphatic rings. The molecule has 0 saturated carbocycles. The van der Waals surface area contributed by atoms with Crippen molar-refractivity contribution in [1.29, 1.82) is 0 Å². The molecule has 180 valence electrons. The molecule has 1 unspecified atom stereocenters. The molecule has 3 aromatic carbocycles. The van der Waals surface area contributed by atoms with Crippen LogP contribution in [0.25, 0.3) is 33.3 Å². The number of carbonyl (C=O) groups is 1. The monoisotopic (exact) mass is 516 g/mol. The lowest BCUT2D eigenvalue weighted by Gasteiger charge is -2.15. The van der Waals surface area contributed by atoms with E-state index in [1.54, 1.807) is 49.4 Å². The van der Waals surface area contributed by atoms with Gasteiger partial charge in [-0.15, -0.1) is 11.3 Å². The van der Waals surface area contributed by atoms with Crippen molar-refractivity contribution in [3.8, 4) is 22.4 Å². The van der Waals surface area contributed by atoms with E-state index in [1.165, 1.54) is 11.3 Å². The second-order valence-electron chi connectivity index (χ2n) is 8.08. The highest BCUT2D eigenvalue weighted by molar-refractivity contribution is 7.10. The predicted molar refractivity (Wildman–Crippen MR) is 143 cm³/mol. The number of aromatic amines is 1. The van der Waals surface area contributed by atoms with E-state index in [9.17, 15) is 14.7 Å². The molecule has 36 heavy (non-hydrogen) atoms. The van der Waals surface area contributed by atoms with E-state index in [0.717, 1.165) is 11.3 Å². The minimum absolute atomic E-state index is 0.112. The van der Waals surface area contributed by atoms with Gasteiger partial charge in [0.15, 0.2) is 0 Å². The largest absolute Gasteiger partial charge is 0.462 e. The molecule has 5 aromatic rings. The van der Waals surface area contributed by atoms with Crippen LogP contribution in [-0.2, 0) is 4.74 Å². The number of hydrogen-bond donors (Lipinski definition) is 2. The fraction of sp³-hybridized carbons (Fsp3) is 0.107. The van der Waals surface area contributed by atoms with Gasteiger partial charge >= 0.3 is 5.97 Å².